The number of halogens is 1. The third kappa shape index (κ3) is 3.83. The van der Waals surface area contributed by atoms with Crippen molar-refractivity contribution < 1.29 is 4.74 Å². The van der Waals surface area contributed by atoms with E-state index in [0.29, 0.717) is 11.0 Å². The molecule has 0 saturated heterocycles. The molecule has 1 atom stereocenters. The second-order valence-electron chi connectivity index (χ2n) is 4.92. The molecule has 0 fully saturated rings. The number of hydrogen-bond donors (Lipinski definition) is 2. The Hall–Kier alpha value is -1.85. The second kappa shape index (κ2) is 6.74. The molecule has 0 aliphatic carbocycles. The molecule has 2 N–H and O–H groups in total. The fourth-order valence-corrected chi connectivity index (χ4v) is 2.32. The van der Waals surface area contributed by atoms with E-state index >= 15 is 0 Å². The molecule has 2 aromatic rings. The summed E-state index contributed by atoms with van der Waals surface area (Å²) in [5.74, 6) is 0.678. The lowest BCUT2D eigenvalue weighted by molar-refractivity contribution is 0.194. The summed E-state index contributed by atoms with van der Waals surface area (Å²) in [5.41, 5.74) is 2.13. The minimum Gasteiger partial charge on any atom is -0.470 e. The Labute approximate surface area is 128 Å². The van der Waals surface area contributed by atoms with E-state index in [-0.39, 0.29) is 6.10 Å². The molecule has 6 heteroatoms. The highest BCUT2D eigenvalue weighted by Crippen LogP contribution is 2.24. The lowest BCUT2D eigenvalue weighted by Crippen LogP contribution is -2.40. The third-order valence-corrected chi connectivity index (χ3v) is 3.54. The van der Waals surface area contributed by atoms with E-state index in [4.69, 9.17) is 16.3 Å². The summed E-state index contributed by atoms with van der Waals surface area (Å²) in [7, 11) is 0. The molecule has 21 heavy (non-hydrogen) atoms. The van der Waals surface area contributed by atoms with E-state index in [1.807, 2.05) is 30.5 Å². The van der Waals surface area contributed by atoms with Crippen LogP contribution in [0.3, 0.4) is 0 Å². The van der Waals surface area contributed by atoms with Crippen molar-refractivity contribution in [2.24, 2.45) is 0 Å². The van der Waals surface area contributed by atoms with E-state index in [1.165, 1.54) is 5.56 Å². The summed E-state index contributed by atoms with van der Waals surface area (Å²) < 4.78 is 5.83. The van der Waals surface area contributed by atoms with Crippen molar-refractivity contribution in [2.45, 2.75) is 12.5 Å². The lowest BCUT2D eigenvalue weighted by Gasteiger charge is -2.26. The summed E-state index contributed by atoms with van der Waals surface area (Å²) in [6.07, 6.45) is 4.56. The number of anilines is 1. The molecular weight excluding hydrogens is 288 g/mol. The maximum Gasteiger partial charge on any atom is 0.237 e. The maximum absolute atomic E-state index is 5.83. The minimum absolute atomic E-state index is 0.0933. The van der Waals surface area contributed by atoms with Crippen LogP contribution in [0.5, 0.6) is 5.88 Å². The van der Waals surface area contributed by atoms with Gasteiger partial charge in [0, 0.05) is 18.9 Å². The van der Waals surface area contributed by atoms with Crippen molar-refractivity contribution in [1.29, 1.82) is 0 Å². The fourth-order valence-electron chi connectivity index (χ4n) is 2.21. The van der Waals surface area contributed by atoms with Crippen LogP contribution in [0, 0.1) is 0 Å². The van der Waals surface area contributed by atoms with E-state index in [1.54, 1.807) is 6.20 Å². The van der Waals surface area contributed by atoms with Gasteiger partial charge in [-0.15, -0.1) is 0 Å². The highest BCUT2D eigenvalue weighted by Gasteiger charge is 2.19. The average Bonchev–Trinajstić information content (AvgIpc) is 2.53. The van der Waals surface area contributed by atoms with Crippen LogP contribution in [-0.4, -0.2) is 35.7 Å². The van der Waals surface area contributed by atoms with Gasteiger partial charge in [-0.05, 0) is 36.7 Å². The highest BCUT2D eigenvalue weighted by molar-refractivity contribution is 6.29. The second-order valence-corrected chi connectivity index (χ2v) is 5.31. The van der Waals surface area contributed by atoms with Gasteiger partial charge >= 0.3 is 0 Å². The topological polar surface area (TPSA) is 59.1 Å². The minimum atomic E-state index is 0.0933. The standard InChI is InChI=1S/C15H17ClN4O/c16-14-4-3-11(8-20-14)5-7-17-9-12-10-19-13-2-1-6-18-15(13)21-12/h1-4,6,8,12,17,19H,5,7,9-10H2. The van der Waals surface area contributed by atoms with E-state index < -0.39 is 0 Å². The normalized spacial score (nSPS) is 16.7. The van der Waals surface area contributed by atoms with Crippen LogP contribution in [-0.2, 0) is 6.42 Å². The Kier molecular flexibility index (Phi) is 4.52. The van der Waals surface area contributed by atoms with E-state index in [0.717, 1.165) is 31.7 Å². The Morgan fingerprint density at radius 3 is 3.14 bits per heavy atom. The molecule has 0 bridgehead atoms. The Balaban J connectivity index is 1.41. The number of aromatic nitrogens is 2. The van der Waals surface area contributed by atoms with Crippen LogP contribution in [0.2, 0.25) is 5.15 Å². The third-order valence-electron chi connectivity index (χ3n) is 3.32. The lowest BCUT2D eigenvalue weighted by atomic mass is 10.2. The van der Waals surface area contributed by atoms with Gasteiger partial charge in [-0.25, -0.2) is 9.97 Å². The van der Waals surface area contributed by atoms with Gasteiger partial charge < -0.3 is 15.4 Å². The van der Waals surface area contributed by atoms with E-state index in [9.17, 15) is 0 Å². The van der Waals surface area contributed by atoms with Crippen molar-refractivity contribution in [1.82, 2.24) is 15.3 Å². The molecule has 110 valence electrons. The first-order valence-electron chi connectivity index (χ1n) is 6.98. The number of ether oxygens (including phenoxy) is 1. The largest absolute Gasteiger partial charge is 0.470 e. The number of nitrogens with one attached hydrogen (secondary N) is 2. The molecule has 0 radical (unpaired) electrons. The van der Waals surface area contributed by atoms with Crippen LogP contribution in [0.15, 0.2) is 36.7 Å². The molecule has 0 saturated carbocycles. The molecular formula is C15H17ClN4O. The van der Waals surface area contributed by atoms with Crippen molar-refractivity contribution in [3.8, 4) is 5.88 Å². The molecule has 1 aliphatic rings. The zero-order chi connectivity index (χ0) is 14.5. The molecule has 1 unspecified atom stereocenters. The van der Waals surface area contributed by atoms with Gasteiger partial charge in [-0.3, -0.25) is 0 Å². The number of fused-ring (bicyclic) bond motifs is 1. The van der Waals surface area contributed by atoms with Gasteiger partial charge in [-0.2, -0.15) is 0 Å². The maximum atomic E-state index is 5.83. The van der Waals surface area contributed by atoms with E-state index in [2.05, 4.69) is 20.6 Å². The Bertz CT molecular complexity index is 590. The number of pyridine rings is 2. The first kappa shape index (κ1) is 14.1. The number of rotatable bonds is 5. The Morgan fingerprint density at radius 1 is 1.33 bits per heavy atom. The molecule has 0 spiro atoms. The van der Waals surface area contributed by atoms with Gasteiger partial charge in [-0.1, -0.05) is 17.7 Å². The zero-order valence-electron chi connectivity index (χ0n) is 11.6. The summed E-state index contributed by atoms with van der Waals surface area (Å²) in [6.45, 7) is 2.44. The van der Waals surface area contributed by atoms with Crippen LogP contribution in [0.1, 0.15) is 5.56 Å². The van der Waals surface area contributed by atoms with Gasteiger partial charge in [0.25, 0.3) is 0 Å². The summed E-state index contributed by atoms with van der Waals surface area (Å²) in [6, 6.07) is 7.68. The molecule has 3 heterocycles. The van der Waals surface area contributed by atoms with Crippen LogP contribution in [0.4, 0.5) is 5.69 Å². The molecule has 2 aromatic heterocycles. The van der Waals surface area contributed by atoms with Crippen LogP contribution < -0.4 is 15.4 Å². The van der Waals surface area contributed by atoms with Crippen LogP contribution >= 0.6 is 11.6 Å². The predicted molar refractivity (Wildman–Crippen MR) is 83.0 cm³/mol. The quantitative estimate of drug-likeness (QED) is 0.655. The van der Waals surface area contributed by atoms with Gasteiger partial charge in [0.2, 0.25) is 5.88 Å². The summed E-state index contributed by atoms with van der Waals surface area (Å²) >= 11 is 5.76. The molecule has 0 amide bonds. The fraction of sp³-hybridized carbons (Fsp3) is 0.333. The molecule has 0 aromatic carbocycles. The summed E-state index contributed by atoms with van der Waals surface area (Å²) in [5, 5.41) is 7.25. The monoisotopic (exact) mass is 304 g/mol. The SMILES string of the molecule is Clc1ccc(CCNCC2CNc3cccnc3O2)cn1. The van der Waals surface area contributed by atoms with Crippen molar-refractivity contribution in [3.63, 3.8) is 0 Å². The van der Waals surface area contributed by atoms with Crippen molar-refractivity contribution in [3.05, 3.63) is 47.4 Å². The average molecular weight is 305 g/mol. The molecule has 1 aliphatic heterocycles. The van der Waals surface area contributed by atoms with Gasteiger partial charge in [0.1, 0.15) is 11.3 Å². The first-order valence-corrected chi connectivity index (χ1v) is 7.36. The molecule has 5 nitrogen and oxygen atoms in total. The Morgan fingerprint density at radius 2 is 2.29 bits per heavy atom. The van der Waals surface area contributed by atoms with Crippen molar-refractivity contribution >= 4 is 17.3 Å². The number of hydrogen-bond acceptors (Lipinski definition) is 5. The van der Waals surface area contributed by atoms with Gasteiger partial charge in [0.05, 0.1) is 12.2 Å². The zero-order valence-corrected chi connectivity index (χ0v) is 12.3. The highest BCUT2D eigenvalue weighted by atomic mass is 35.5. The van der Waals surface area contributed by atoms with Crippen LogP contribution in [0.25, 0.3) is 0 Å². The number of nitrogens with zero attached hydrogens (tertiary/aromatic N) is 2. The van der Waals surface area contributed by atoms with Gasteiger partial charge in [0.15, 0.2) is 0 Å². The summed E-state index contributed by atoms with van der Waals surface area (Å²) in [4.78, 5) is 8.29. The van der Waals surface area contributed by atoms with Crippen molar-refractivity contribution in [2.75, 3.05) is 25.0 Å². The predicted octanol–water partition coefficient (Wildman–Crippen LogP) is 2.14. The molecule has 3 rings (SSSR count). The smallest absolute Gasteiger partial charge is 0.237 e. The first-order chi connectivity index (χ1) is 10.3.